The average Bonchev–Trinajstić information content (AvgIpc) is 2.95. The van der Waals surface area contributed by atoms with Crippen LogP contribution < -0.4 is 0 Å². The first-order valence-electron chi connectivity index (χ1n) is 11.0. The van der Waals surface area contributed by atoms with Crippen LogP contribution in [0, 0.1) is 0 Å². The minimum Gasteiger partial charge on any atom is -0.0807 e. The third-order valence-electron chi connectivity index (χ3n) is 6.66. The average molecular weight is 389 g/mol. The van der Waals surface area contributed by atoms with Gasteiger partial charge in [-0.3, -0.25) is 0 Å². The van der Waals surface area contributed by atoms with Gasteiger partial charge in [-0.2, -0.15) is 0 Å². The summed E-state index contributed by atoms with van der Waals surface area (Å²) in [6.07, 6.45) is 13.2. The molecule has 0 bridgehead atoms. The van der Waals surface area contributed by atoms with Crippen molar-refractivity contribution in [2.45, 2.75) is 39.0 Å². The van der Waals surface area contributed by atoms with E-state index in [1.54, 1.807) is 0 Å². The van der Waals surface area contributed by atoms with Crippen molar-refractivity contribution >= 4 is 5.57 Å². The molecule has 0 nitrogen and oxygen atoms in total. The fourth-order valence-corrected chi connectivity index (χ4v) is 5.09. The fraction of sp³-hybridized carbons (Fsp3) is 0.200. The van der Waals surface area contributed by atoms with E-state index < -0.39 is 0 Å². The van der Waals surface area contributed by atoms with Gasteiger partial charge >= 0.3 is 0 Å². The summed E-state index contributed by atoms with van der Waals surface area (Å²) in [6, 6.07) is 22.6. The molecule has 0 saturated heterocycles. The molecule has 0 saturated carbocycles. The predicted molar refractivity (Wildman–Crippen MR) is 130 cm³/mol. The van der Waals surface area contributed by atoms with E-state index in [-0.39, 0.29) is 5.41 Å². The second kappa shape index (κ2) is 7.29. The van der Waals surface area contributed by atoms with E-state index in [9.17, 15) is 0 Å². The van der Waals surface area contributed by atoms with Gasteiger partial charge in [0, 0.05) is 5.41 Å². The zero-order valence-corrected chi connectivity index (χ0v) is 18.1. The van der Waals surface area contributed by atoms with E-state index in [0.29, 0.717) is 0 Å². The highest BCUT2D eigenvalue weighted by Gasteiger charge is 2.39. The van der Waals surface area contributed by atoms with Gasteiger partial charge < -0.3 is 0 Å². The maximum atomic E-state index is 2.44. The summed E-state index contributed by atoms with van der Waals surface area (Å²) in [6.45, 7) is 7.03. The normalized spacial score (nSPS) is 16.0. The Morgan fingerprint density at radius 2 is 1.60 bits per heavy atom. The van der Waals surface area contributed by atoms with Gasteiger partial charge in [-0.25, -0.2) is 0 Å². The van der Waals surface area contributed by atoms with E-state index in [2.05, 4.69) is 112 Å². The van der Waals surface area contributed by atoms with Crippen LogP contribution in [0.2, 0.25) is 0 Å². The Morgan fingerprint density at radius 3 is 2.40 bits per heavy atom. The molecule has 2 aliphatic carbocycles. The molecule has 0 heteroatoms. The van der Waals surface area contributed by atoms with Crippen molar-refractivity contribution in [1.82, 2.24) is 0 Å². The Labute approximate surface area is 180 Å². The van der Waals surface area contributed by atoms with Crippen LogP contribution in [0.4, 0.5) is 0 Å². The molecule has 0 aromatic heterocycles. The van der Waals surface area contributed by atoms with Crippen molar-refractivity contribution < 1.29 is 0 Å². The smallest absolute Gasteiger partial charge is 0.0165 e. The molecule has 0 aliphatic heterocycles. The lowest BCUT2D eigenvalue weighted by atomic mass is 9.77. The highest BCUT2D eigenvalue weighted by molar-refractivity contribution is 5.97. The molecule has 3 aromatic carbocycles. The number of aryl methyl sites for hydroxylation is 1. The van der Waals surface area contributed by atoms with Crippen LogP contribution in [0.5, 0.6) is 0 Å². The molecular formula is C30H28. The van der Waals surface area contributed by atoms with Gasteiger partial charge in [-0.1, -0.05) is 112 Å². The topological polar surface area (TPSA) is 0 Å². The quantitative estimate of drug-likeness (QED) is 0.425. The van der Waals surface area contributed by atoms with Crippen molar-refractivity contribution in [3.05, 3.63) is 113 Å². The van der Waals surface area contributed by atoms with E-state index >= 15 is 0 Å². The predicted octanol–water partition coefficient (Wildman–Crippen LogP) is 8.12. The first-order valence-corrected chi connectivity index (χ1v) is 11.0. The van der Waals surface area contributed by atoms with E-state index in [4.69, 9.17) is 0 Å². The number of fused-ring (bicyclic) bond motifs is 3. The second-order valence-corrected chi connectivity index (χ2v) is 8.82. The molecular weight excluding hydrogens is 360 g/mol. The van der Waals surface area contributed by atoms with Crippen LogP contribution in [0.3, 0.4) is 0 Å². The molecule has 0 spiro atoms. The Kier molecular flexibility index (Phi) is 4.59. The summed E-state index contributed by atoms with van der Waals surface area (Å²) in [4.78, 5) is 0. The van der Waals surface area contributed by atoms with Crippen molar-refractivity contribution in [3.63, 3.8) is 0 Å². The van der Waals surface area contributed by atoms with Gasteiger partial charge in [-0.15, -0.1) is 0 Å². The first kappa shape index (κ1) is 18.9. The molecule has 0 unspecified atom stereocenters. The lowest BCUT2D eigenvalue weighted by Crippen LogP contribution is -2.16. The van der Waals surface area contributed by atoms with E-state index in [1.165, 1.54) is 50.1 Å². The van der Waals surface area contributed by atoms with Crippen LogP contribution >= 0.6 is 0 Å². The molecule has 0 atom stereocenters. The van der Waals surface area contributed by atoms with E-state index in [1.807, 2.05) is 0 Å². The zero-order chi connectivity index (χ0) is 20.7. The molecule has 0 radical (unpaired) electrons. The fourth-order valence-electron chi connectivity index (χ4n) is 5.09. The third-order valence-corrected chi connectivity index (χ3v) is 6.66. The molecule has 0 N–H and O–H groups in total. The van der Waals surface area contributed by atoms with Crippen LogP contribution in [0.25, 0.3) is 27.8 Å². The largest absolute Gasteiger partial charge is 0.0807 e. The van der Waals surface area contributed by atoms with E-state index in [0.717, 1.165) is 12.8 Å². The molecule has 0 amide bonds. The Balaban J connectivity index is 1.84. The van der Waals surface area contributed by atoms with Gasteiger partial charge in [0.15, 0.2) is 0 Å². The maximum absolute atomic E-state index is 2.44. The molecule has 0 heterocycles. The summed E-state index contributed by atoms with van der Waals surface area (Å²) >= 11 is 0. The zero-order valence-electron chi connectivity index (χ0n) is 18.1. The second-order valence-electron chi connectivity index (χ2n) is 8.82. The van der Waals surface area contributed by atoms with Crippen molar-refractivity contribution in [2.75, 3.05) is 0 Å². The Morgan fingerprint density at radius 1 is 0.833 bits per heavy atom. The minimum absolute atomic E-state index is 0.0374. The molecule has 5 rings (SSSR count). The van der Waals surface area contributed by atoms with Gasteiger partial charge in [0.2, 0.25) is 0 Å². The maximum Gasteiger partial charge on any atom is 0.0165 e. The molecule has 2 aliphatic rings. The van der Waals surface area contributed by atoms with Crippen LogP contribution in [0.1, 0.15) is 49.4 Å². The number of hydrogen-bond acceptors (Lipinski definition) is 0. The minimum atomic E-state index is -0.0374. The molecule has 0 fully saturated rings. The summed E-state index contributed by atoms with van der Waals surface area (Å²) < 4.78 is 0. The monoisotopic (exact) mass is 388 g/mol. The summed E-state index contributed by atoms with van der Waals surface area (Å²) in [5, 5.41) is 0. The Bertz CT molecular complexity index is 1200. The summed E-state index contributed by atoms with van der Waals surface area (Å²) in [5.41, 5.74) is 12.4. The standard InChI is InChI=1S/C30H28/c1-4-21-16-17-26-27(20-21)30(2,3)29-25(23-14-10-7-11-15-23)19-18-24(28(26)29)22-12-8-5-6-9-13-22/h5-8,10-20H,4,9H2,1-3H3. The van der Waals surface area contributed by atoms with Crippen molar-refractivity contribution in [3.8, 4) is 22.3 Å². The van der Waals surface area contributed by atoms with Gasteiger partial charge in [0.1, 0.15) is 0 Å². The number of benzene rings is 3. The highest BCUT2D eigenvalue weighted by atomic mass is 14.4. The Hall–Kier alpha value is -3.12. The van der Waals surface area contributed by atoms with Gasteiger partial charge in [-0.05, 0) is 62.9 Å². The van der Waals surface area contributed by atoms with Gasteiger partial charge in [0.05, 0.1) is 0 Å². The van der Waals surface area contributed by atoms with Crippen molar-refractivity contribution in [2.24, 2.45) is 0 Å². The van der Waals surface area contributed by atoms with Crippen LogP contribution in [0.15, 0.2) is 91.0 Å². The molecule has 30 heavy (non-hydrogen) atoms. The SMILES string of the molecule is CCc1ccc2c(c1)C(C)(C)c1c(-c3ccccc3)ccc(C3=CCC=CC=C3)c1-2. The lowest BCUT2D eigenvalue weighted by Gasteiger charge is -2.25. The number of hydrogen-bond donors (Lipinski definition) is 0. The lowest BCUT2D eigenvalue weighted by molar-refractivity contribution is 0.661. The van der Waals surface area contributed by atoms with Crippen molar-refractivity contribution in [1.29, 1.82) is 0 Å². The highest BCUT2D eigenvalue weighted by Crippen LogP contribution is 2.54. The van der Waals surface area contributed by atoms with Crippen LogP contribution in [-0.2, 0) is 11.8 Å². The van der Waals surface area contributed by atoms with Crippen LogP contribution in [-0.4, -0.2) is 0 Å². The number of allylic oxidation sites excluding steroid dienone is 6. The third kappa shape index (κ3) is 2.91. The summed E-state index contributed by atoms with van der Waals surface area (Å²) in [5.74, 6) is 0. The molecule has 3 aromatic rings. The van der Waals surface area contributed by atoms with Gasteiger partial charge in [0.25, 0.3) is 0 Å². The number of rotatable bonds is 3. The molecule has 148 valence electrons. The summed E-state index contributed by atoms with van der Waals surface area (Å²) in [7, 11) is 0. The first-order chi connectivity index (χ1) is 14.6.